The summed E-state index contributed by atoms with van der Waals surface area (Å²) in [5.74, 6) is 0. The molecule has 0 radical (unpaired) electrons. The minimum atomic E-state index is 0.350. The molecule has 2 aromatic heterocycles. The molecule has 1 N–H and O–H groups in total. The van der Waals surface area contributed by atoms with Crippen molar-refractivity contribution in [1.82, 2.24) is 20.1 Å². The number of aromatic nitrogens is 3. The van der Waals surface area contributed by atoms with Gasteiger partial charge in [0.1, 0.15) is 5.01 Å². The van der Waals surface area contributed by atoms with Crippen molar-refractivity contribution in [1.29, 1.82) is 0 Å². The molecular formula is C11H16N4S. The van der Waals surface area contributed by atoms with Crippen LogP contribution in [0.2, 0.25) is 0 Å². The molecule has 16 heavy (non-hydrogen) atoms. The lowest BCUT2D eigenvalue weighted by molar-refractivity contribution is 0.662. The van der Waals surface area contributed by atoms with Gasteiger partial charge >= 0.3 is 0 Å². The molecule has 86 valence electrons. The molecule has 1 unspecified atom stereocenters. The highest BCUT2D eigenvalue weighted by molar-refractivity contribution is 7.15. The second kappa shape index (κ2) is 4.35. The zero-order chi connectivity index (χ0) is 11.7. The molecule has 0 bridgehead atoms. The molecule has 0 aliphatic rings. The second-order valence-corrected chi connectivity index (χ2v) is 4.91. The Labute approximate surface area is 99.3 Å². The summed E-state index contributed by atoms with van der Waals surface area (Å²) in [5.41, 5.74) is 2.28. The SMILES string of the molecule is CNC(C)c1cnc(-c2cnn(C)c2C)s1. The highest BCUT2D eigenvalue weighted by Crippen LogP contribution is 2.30. The van der Waals surface area contributed by atoms with E-state index < -0.39 is 0 Å². The van der Waals surface area contributed by atoms with Gasteiger partial charge in [-0.3, -0.25) is 4.68 Å². The fraction of sp³-hybridized carbons (Fsp3) is 0.455. The molecule has 2 aromatic rings. The molecule has 0 spiro atoms. The third-order valence-corrected chi connectivity index (χ3v) is 4.06. The minimum absolute atomic E-state index is 0.350. The number of aryl methyl sites for hydroxylation is 1. The maximum absolute atomic E-state index is 4.45. The number of thiazole rings is 1. The summed E-state index contributed by atoms with van der Waals surface area (Å²) in [6, 6.07) is 0.350. The van der Waals surface area contributed by atoms with E-state index in [-0.39, 0.29) is 0 Å². The number of nitrogens with zero attached hydrogens (tertiary/aromatic N) is 3. The first kappa shape index (κ1) is 11.3. The van der Waals surface area contributed by atoms with Crippen molar-refractivity contribution < 1.29 is 0 Å². The first-order valence-electron chi connectivity index (χ1n) is 5.25. The van der Waals surface area contributed by atoms with E-state index in [9.17, 15) is 0 Å². The second-order valence-electron chi connectivity index (χ2n) is 3.85. The highest BCUT2D eigenvalue weighted by Gasteiger charge is 2.13. The van der Waals surface area contributed by atoms with Crippen molar-refractivity contribution in [3.05, 3.63) is 23.0 Å². The number of hydrogen-bond acceptors (Lipinski definition) is 4. The van der Waals surface area contributed by atoms with E-state index >= 15 is 0 Å². The van der Waals surface area contributed by atoms with Gasteiger partial charge in [0.2, 0.25) is 0 Å². The van der Waals surface area contributed by atoms with E-state index in [0.717, 1.165) is 16.3 Å². The molecule has 2 rings (SSSR count). The molecule has 0 fully saturated rings. The highest BCUT2D eigenvalue weighted by atomic mass is 32.1. The summed E-state index contributed by atoms with van der Waals surface area (Å²) in [7, 11) is 3.91. The van der Waals surface area contributed by atoms with E-state index in [2.05, 4.69) is 29.2 Å². The van der Waals surface area contributed by atoms with Gasteiger partial charge in [0.15, 0.2) is 0 Å². The van der Waals surface area contributed by atoms with Crippen molar-refractivity contribution in [2.24, 2.45) is 7.05 Å². The van der Waals surface area contributed by atoms with Gasteiger partial charge in [0.25, 0.3) is 0 Å². The van der Waals surface area contributed by atoms with Gasteiger partial charge in [-0.1, -0.05) is 0 Å². The van der Waals surface area contributed by atoms with E-state index in [4.69, 9.17) is 0 Å². The number of nitrogens with one attached hydrogen (secondary N) is 1. The maximum Gasteiger partial charge on any atom is 0.127 e. The molecule has 0 amide bonds. The Hall–Kier alpha value is -1.20. The van der Waals surface area contributed by atoms with Crippen LogP contribution < -0.4 is 5.32 Å². The Kier molecular flexibility index (Phi) is 3.07. The molecule has 0 saturated heterocycles. The standard InChI is InChI=1S/C11H16N4S/c1-7(12-3)10-6-13-11(16-10)9-5-14-15(4)8(9)2/h5-7,12H,1-4H3. The van der Waals surface area contributed by atoms with Crippen molar-refractivity contribution in [2.75, 3.05) is 7.05 Å². The van der Waals surface area contributed by atoms with E-state index in [1.54, 1.807) is 11.3 Å². The topological polar surface area (TPSA) is 42.7 Å². The average molecular weight is 236 g/mol. The Morgan fingerprint density at radius 2 is 2.19 bits per heavy atom. The Morgan fingerprint density at radius 1 is 1.44 bits per heavy atom. The molecule has 1 atom stereocenters. The average Bonchev–Trinajstić information content (AvgIpc) is 2.87. The van der Waals surface area contributed by atoms with Crippen LogP contribution in [0.5, 0.6) is 0 Å². The third kappa shape index (κ3) is 1.88. The van der Waals surface area contributed by atoms with Crippen LogP contribution in [0, 0.1) is 6.92 Å². The lowest BCUT2D eigenvalue weighted by Crippen LogP contribution is -2.10. The molecular weight excluding hydrogens is 220 g/mol. The maximum atomic E-state index is 4.45. The molecule has 0 aliphatic heterocycles. The van der Waals surface area contributed by atoms with Crippen LogP contribution in [0.25, 0.3) is 10.6 Å². The van der Waals surface area contributed by atoms with E-state index in [1.165, 1.54) is 4.88 Å². The molecule has 0 aliphatic carbocycles. The summed E-state index contributed by atoms with van der Waals surface area (Å²) in [5, 5.41) is 8.49. The fourth-order valence-corrected chi connectivity index (χ4v) is 2.50. The molecule has 0 saturated carbocycles. The van der Waals surface area contributed by atoms with E-state index in [1.807, 2.05) is 31.2 Å². The summed E-state index contributed by atoms with van der Waals surface area (Å²) in [6.45, 7) is 4.19. The zero-order valence-corrected chi connectivity index (χ0v) is 10.8. The van der Waals surface area contributed by atoms with Crippen LogP contribution in [0.1, 0.15) is 23.5 Å². The normalized spacial score (nSPS) is 13.0. The van der Waals surface area contributed by atoms with Crippen molar-refractivity contribution in [3.8, 4) is 10.6 Å². The smallest absolute Gasteiger partial charge is 0.127 e. The summed E-state index contributed by atoms with van der Waals surface area (Å²) in [6.07, 6.45) is 3.82. The molecule has 5 heteroatoms. The minimum Gasteiger partial charge on any atom is -0.312 e. The van der Waals surface area contributed by atoms with Crippen molar-refractivity contribution >= 4 is 11.3 Å². The first-order chi connectivity index (χ1) is 7.63. The Balaban J connectivity index is 2.35. The summed E-state index contributed by atoms with van der Waals surface area (Å²) < 4.78 is 1.87. The first-order valence-corrected chi connectivity index (χ1v) is 6.07. The van der Waals surface area contributed by atoms with Crippen molar-refractivity contribution in [3.63, 3.8) is 0 Å². The molecule has 0 aromatic carbocycles. The third-order valence-electron chi connectivity index (χ3n) is 2.85. The van der Waals surface area contributed by atoms with Gasteiger partial charge < -0.3 is 5.32 Å². The summed E-state index contributed by atoms with van der Waals surface area (Å²) >= 11 is 1.72. The summed E-state index contributed by atoms with van der Waals surface area (Å²) in [4.78, 5) is 5.71. The van der Waals surface area contributed by atoms with Crippen LogP contribution in [0.3, 0.4) is 0 Å². The number of hydrogen-bond donors (Lipinski definition) is 1. The quantitative estimate of drug-likeness (QED) is 0.887. The molecule has 2 heterocycles. The van der Waals surface area contributed by atoms with Gasteiger partial charge in [0.05, 0.1) is 11.8 Å². The molecule has 4 nitrogen and oxygen atoms in total. The predicted octanol–water partition coefficient (Wildman–Crippen LogP) is 2.13. The van der Waals surface area contributed by atoms with Crippen LogP contribution >= 0.6 is 11.3 Å². The Bertz CT molecular complexity index is 486. The predicted molar refractivity (Wildman–Crippen MR) is 66.5 cm³/mol. The van der Waals surface area contributed by atoms with Gasteiger partial charge in [0, 0.05) is 29.9 Å². The van der Waals surface area contributed by atoms with Crippen LogP contribution in [-0.4, -0.2) is 21.8 Å². The lowest BCUT2D eigenvalue weighted by atomic mass is 10.3. The zero-order valence-electron chi connectivity index (χ0n) is 9.98. The van der Waals surface area contributed by atoms with Crippen LogP contribution in [0.15, 0.2) is 12.4 Å². The largest absolute Gasteiger partial charge is 0.312 e. The van der Waals surface area contributed by atoms with Gasteiger partial charge in [-0.2, -0.15) is 5.10 Å². The van der Waals surface area contributed by atoms with Gasteiger partial charge in [-0.05, 0) is 20.9 Å². The van der Waals surface area contributed by atoms with Gasteiger partial charge in [-0.15, -0.1) is 11.3 Å². The lowest BCUT2D eigenvalue weighted by Gasteiger charge is -2.04. The van der Waals surface area contributed by atoms with Crippen molar-refractivity contribution in [2.45, 2.75) is 19.9 Å². The number of rotatable bonds is 3. The van der Waals surface area contributed by atoms with Gasteiger partial charge in [-0.25, -0.2) is 4.98 Å². The monoisotopic (exact) mass is 236 g/mol. The van der Waals surface area contributed by atoms with Crippen LogP contribution in [-0.2, 0) is 7.05 Å². The fourth-order valence-electron chi connectivity index (χ4n) is 1.46. The van der Waals surface area contributed by atoms with Crippen LogP contribution in [0.4, 0.5) is 0 Å². The Morgan fingerprint density at radius 3 is 2.75 bits per heavy atom. The van der Waals surface area contributed by atoms with E-state index in [0.29, 0.717) is 6.04 Å².